The van der Waals surface area contributed by atoms with Crippen molar-refractivity contribution in [3.05, 3.63) is 35.9 Å². The van der Waals surface area contributed by atoms with Gasteiger partial charge in [-0.3, -0.25) is 0 Å². The number of oxime groups is 1. The molecular formula is C18H15NO5S2. The minimum absolute atomic E-state index is 0.266. The zero-order valence-electron chi connectivity index (χ0n) is 14.3. The molecule has 1 unspecified atom stereocenters. The van der Waals surface area contributed by atoms with Crippen LogP contribution in [0, 0.1) is 0 Å². The van der Waals surface area contributed by atoms with Crippen molar-refractivity contribution in [2.75, 3.05) is 6.26 Å². The van der Waals surface area contributed by atoms with Gasteiger partial charge < -0.3 is 9.57 Å². The summed E-state index contributed by atoms with van der Waals surface area (Å²) < 4.78 is 31.8. The fourth-order valence-corrected chi connectivity index (χ4v) is 4.79. The SMILES string of the molecule is CC(=O)ON=C1c2ccc3sc4ccc(S(C)(=O)=O)cc4c3c2OC1C. The van der Waals surface area contributed by atoms with Crippen molar-refractivity contribution in [3.63, 3.8) is 0 Å². The van der Waals surface area contributed by atoms with Crippen molar-refractivity contribution in [1.82, 2.24) is 0 Å². The normalized spacial score (nSPS) is 18.3. The Hall–Kier alpha value is -2.45. The average Bonchev–Trinajstić information content (AvgIpc) is 3.07. The molecule has 26 heavy (non-hydrogen) atoms. The summed E-state index contributed by atoms with van der Waals surface area (Å²) in [6.07, 6.45) is 0.818. The Balaban J connectivity index is 2.00. The van der Waals surface area contributed by atoms with Crippen LogP contribution in [0.5, 0.6) is 5.75 Å². The summed E-state index contributed by atoms with van der Waals surface area (Å²) >= 11 is 1.57. The van der Waals surface area contributed by atoms with Gasteiger partial charge in [-0.05, 0) is 37.3 Å². The van der Waals surface area contributed by atoms with Gasteiger partial charge in [0.05, 0.1) is 4.90 Å². The van der Waals surface area contributed by atoms with E-state index in [0.717, 1.165) is 25.7 Å². The molecule has 1 aliphatic heterocycles. The molecule has 2 heterocycles. The van der Waals surface area contributed by atoms with Crippen LogP contribution in [0.15, 0.2) is 40.4 Å². The fourth-order valence-electron chi connectivity index (χ4n) is 3.06. The number of ether oxygens (including phenoxy) is 1. The highest BCUT2D eigenvalue weighted by atomic mass is 32.2. The van der Waals surface area contributed by atoms with Gasteiger partial charge in [0.25, 0.3) is 0 Å². The second kappa shape index (κ2) is 5.78. The van der Waals surface area contributed by atoms with Crippen LogP contribution in [0.4, 0.5) is 0 Å². The monoisotopic (exact) mass is 389 g/mol. The van der Waals surface area contributed by atoms with E-state index in [1.807, 2.05) is 25.1 Å². The molecule has 3 aromatic rings. The van der Waals surface area contributed by atoms with Gasteiger partial charge in [-0.1, -0.05) is 5.16 Å². The lowest BCUT2D eigenvalue weighted by atomic mass is 10.0. The van der Waals surface area contributed by atoms with E-state index in [9.17, 15) is 13.2 Å². The Labute approximate surface area is 153 Å². The van der Waals surface area contributed by atoms with Gasteiger partial charge in [0.15, 0.2) is 9.84 Å². The highest BCUT2D eigenvalue weighted by molar-refractivity contribution is 7.90. The third-order valence-corrected chi connectivity index (χ3v) is 6.46. The summed E-state index contributed by atoms with van der Waals surface area (Å²) in [5, 5.41) is 5.60. The molecule has 1 aliphatic rings. The number of benzene rings is 2. The topological polar surface area (TPSA) is 82.0 Å². The van der Waals surface area contributed by atoms with E-state index in [1.165, 1.54) is 13.2 Å². The smallest absolute Gasteiger partial charge is 0.331 e. The number of carbonyl (C=O) groups is 1. The Morgan fingerprint density at radius 1 is 1.23 bits per heavy atom. The van der Waals surface area contributed by atoms with Crippen molar-refractivity contribution in [1.29, 1.82) is 0 Å². The first kappa shape index (κ1) is 17.0. The number of hydrogen-bond acceptors (Lipinski definition) is 7. The van der Waals surface area contributed by atoms with E-state index in [4.69, 9.17) is 9.57 Å². The van der Waals surface area contributed by atoms with Gasteiger partial charge in [-0.15, -0.1) is 11.3 Å². The number of carbonyl (C=O) groups excluding carboxylic acids is 1. The van der Waals surface area contributed by atoms with E-state index in [2.05, 4.69) is 5.16 Å². The van der Waals surface area contributed by atoms with Gasteiger partial charge in [-0.25, -0.2) is 13.2 Å². The number of fused-ring (bicyclic) bond motifs is 5. The second-order valence-corrected chi connectivity index (χ2v) is 9.27. The molecule has 4 rings (SSSR count). The summed E-state index contributed by atoms with van der Waals surface area (Å²) in [6.45, 7) is 3.11. The molecule has 2 aromatic carbocycles. The van der Waals surface area contributed by atoms with Crippen molar-refractivity contribution < 1.29 is 22.8 Å². The number of nitrogens with zero attached hydrogens (tertiary/aromatic N) is 1. The Morgan fingerprint density at radius 2 is 1.96 bits per heavy atom. The highest BCUT2D eigenvalue weighted by Crippen LogP contribution is 2.45. The van der Waals surface area contributed by atoms with Crippen molar-refractivity contribution in [2.24, 2.45) is 5.16 Å². The first-order valence-electron chi connectivity index (χ1n) is 7.87. The third-order valence-electron chi connectivity index (χ3n) is 4.22. The molecule has 0 aliphatic carbocycles. The first-order valence-corrected chi connectivity index (χ1v) is 10.6. The fraction of sp³-hybridized carbons (Fsp3) is 0.222. The van der Waals surface area contributed by atoms with Gasteiger partial charge in [-0.2, -0.15) is 0 Å². The van der Waals surface area contributed by atoms with E-state index < -0.39 is 15.8 Å². The Morgan fingerprint density at radius 3 is 2.65 bits per heavy atom. The van der Waals surface area contributed by atoms with E-state index in [1.54, 1.807) is 23.5 Å². The maximum absolute atomic E-state index is 11.9. The third kappa shape index (κ3) is 2.65. The van der Waals surface area contributed by atoms with Crippen LogP contribution in [0.3, 0.4) is 0 Å². The minimum Gasteiger partial charge on any atom is -0.483 e. The molecule has 6 nitrogen and oxygen atoms in total. The van der Waals surface area contributed by atoms with Crippen LogP contribution in [0.25, 0.3) is 20.2 Å². The van der Waals surface area contributed by atoms with Crippen LogP contribution in [-0.2, 0) is 19.5 Å². The predicted molar refractivity (Wildman–Crippen MR) is 101 cm³/mol. The Kier molecular flexibility index (Phi) is 3.78. The summed E-state index contributed by atoms with van der Waals surface area (Å²) in [5.41, 5.74) is 1.28. The van der Waals surface area contributed by atoms with Crippen LogP contribution in [0.1, 0.15) is 19.4 Å². The summed E-state index contributed by atoms with van der Waals surface area (Å²) in [7, 11) is -3.31. The molecule has 0 fully saturated rings. The lowest BCUT2D eigenvalue weighted by Crippen LogP contribution is -2.17. The zero-order chi connectivity index (χ0) is 18.6. The molecule has 1 aromatic heterocycles. The van der Waals surface area contributed by atoms with Crippen molar-refractivity contribution >= 4 is 53.0 Å². The summed E-state index contributed by atoms with van der Waals surface area (Å²) in [4.78, 5) is 16.1. The molecule has 0 N–H and O–H groups in total. The molecule has 8 heteroatoms. The number of sulfone groups is 1. The maximum Gasteiger partial charge on any atom is 0.331 e. The molecule has 0 amide bonds. The largest absolute Gasteiger partial charge is 0.483 e. The molecule has 0 saturated heterocycles. The zero-order valence-corrected chi connectivity index (χ0v) is 15.9. The average molecular weight is 389 g/mol. The first-order chi connectivity index (χ1) is 12.3. The van der Waals surface area contributed by atoms with E-state index >= 15 is 0 Å². The Bertz CT molecular complexity index is 1210. The number of hydrogen-bond donors (Lipinski definition) is 0. The maximum atomic E-state index is 11.9. The lowest BCUT2D eigenvalue weighted by Gasteiger charge is -2.04. The van der Waals surface area contributed by atoms with E-state index in [0.29, 0.717) is 11.5 Å². The van der Waals surface area contributed by atoms with Gasteiger partial charge in [0, 0.05) is 38.9 Å². The lowest BCUT2D eigenvalue weighted by molar-refractivity contribution is -0.140. The molecule has 134 valence electrons. The van der Waals surface area contributed by atoms with Crippen LogP contribution < -0.4 is 4.74 Å². The quantitative estimate of drug-likeness (QED) is 0.495. The van der Waals surface area contributed by atoms with E-state index in [-0.39, 0.29) is 11.0 Å². The van der Waals surface area contributed by atoms with Crippen molar-refractivity contribution in [2.45, 2.75) is 24.8 Å². The molecule has 1 atom stereocenters. The van der Waals surface area contributed by atoms with Gasteiger partial charge in [0.1, 0.15) is 17.6 Å². The van der Waals surface area contributed by atoms with Gasteiger partial charge in [0.2, 0.25) is 0 Å². The molecular weight excluding hydrogens is 374 g/mol. The van der Waals surface area contributed by atoms with Crippen molar-refractivity contribution in [3.8, 4) is 5.75 Å². The molecule has 0 saturated carbocycles. The van der Waals surface area contributed by atoms with Gasteiger partial charge >= 0.3 is 5.97 Å². The number of rotatable bonds is 2. The standard InChI is InChI=1S/C18H15NO5S2/c1-9-17(19-24-10(2)20)12-5-7-15-16(18(12)23-9)13-8-11(26(3,21)22)4-6-14(13)25-15/h4-9H,1-3H3. The second-order valence-electron chi connectivity index (χ2n) is 6.17. The predicted octanol–water partition coefficient (Wildman–Crippen LogP) is 3.51. The number of thiophene rings is 1. The highest BCUT2D eigenvalue weighted by Gasteiger charge is 2.31. The van der Waals surface area contributed by atoms with Crippen LogP contribution in [0.2, 0.25) is 0 Å². The molecule has 0 bridgehead atoms. The van der Waals surface area contributed by atoms with Crippen LogP contribution >= 0.6 is 11.3 Å². The minimum atomic E-state index is -3.31. The molecule has 0 radical (unpaired) electrons. The molecule has 0 spiro atoms. The summed E-state index contributed by atoms with van der Waals surface area (Å²) in [6, 6.07) is 8.94. The summed E-state index contributed by atoms with van der Waals surface area (Å²) in [5.74, 6) is 0.135. The van der Waals surface area contributed by atoms with Crippen LogP contribution in [-0.4, -0.2) is 32.5 Å².